The number of anilines is 2. The Labute approximate surface area is 251 Å². The van der Waals surface area contributed by atoms with Gasteiger partial charge in [-0.05, 0) is 48.0 Å². The largest absolute Gasteiger partial charge is 0.325 e. The maximum atomic E-state index is 13.9. The summed E-state index contributed by atoms with van der Waals surface area (Å²) in [5.74, 6) is -2.74. The molecule has 0 saturated carbocycles. The zero-order valence-electron chi connectivity index (χ0n) is 20.3. The number of hydrogen-bond acceptors (Lipinski definition) is 6. The third kappa shape index (κ3) is 4.65. The lowest BCUT2D eigenvalue weighted by Crippen LogP contribution is -2.33. The predicted molar refractivity (Wildman–Crippen MR) is 159 cm³/mol. The highest BCUT2D eigenvalue weighted by Gasteiger charge is 2.57. The van der Waals surface area contributed by atoms with Crippen molar-refractivity contribution in [2.45, 2.75) is 22.7 Å². The lowest BCUT2D eigenvalue weighted by atomic mass is 9.83. The van der Waals surface area contributed by atoms with Gasteiger partial charge in [-0.15, -0.1) is 0 Å². The number of benzene rings is 3. The van der Waals surface area contributed by atoms with E-state index in [-0.39, 0.29) is 22.3 Å². The van der Waals surface area contributed by atoms with Crippen molar-refractivity contribution in [3.63, 3.8) is 0 Å². The van der Waals surface area contributed by atoms with Crippen LogP contribution in [0.1, 0.15) is 16.4 Å². The number of aromatic nitrogens is 1. The fourth-order valence-electron chi connectivity index (χ4n) is 5.06. The number of nitrogens with zero attached hydrogens (tertiary/aromatic N) is 2. The Hall–Kier alpha value is -3.08. The van der Waals surface area contributed by atoms with Crippen molar-refractivity contribution in [3.05, 3.63) is 108 Å². The molecule has 7 nitrogen and oxygen atoms in total. The number of carbonyl (C=O) groups excluding carboxylic acids is 3. The fourth-order valence-corrected chi connectivity index (χ4v) is 8.38. The van der Waals surface area contributed by atoms with Gasteiger partial charge < -0.3 is 5.32 Å². The minimum atomic E-state index is -0.833. The standard InChI is InChI=1S/C28H18Cl3N3O4S2/c29-14-9-11-15(12-10-14)32-19(35)13-33-27-24(40-28(33)38)20(17-7-4-8-18(30)22(17)31)21-23(39-27)26(37)34(25(21)36)16-5-2-1-3-6-16/h1-12,20-21,23H,13H2,(H,32,35)/t20-,21?,23?/m1/s1. The third-order valence-corrected chi connectivity index (χ3v) is 10.5. The van der Waals surface area contributed by atoms with E-state index in [2.05, 4.69) is 5.32 Å². The minimum absolute atomic E-state index is 0.247. The highest BCUT2D eigenvalue weighted by molar-refractivity contribution is 8.00. The summed E-state index contributed by atoms with van der Waals surface area (Å²) in [5, 5.41) is 3.45. The van der Waals surface area contributed by atoms with Crippen LogP contribution in [0.4, 0.5) is 11.4 Å². The topological polar surface area (TPSA) is 88.5 Å². The van der Waals surface area contributed by atoms with Gasteiger partial charge in [-0.2, -0.15) is 0 Å². The van der Waals surface area contributed by atoms with Gasteiger partial charge in [0.05, 0.1) is 26.7 Å². The van der Waals surface area contributed by atoms with Gasteiger partial charge in [0.2, 0.25) is 17.7 Å². The monoisotopic (exact) mass is 629 g/mol. The highest BCUT2D eigenvalue weighted by Crippen LogP contribution is 2.55. The average molecular weight is 631 g/mol. The lowest BCUT2D eigenvalue weighted by Gasteiger charge is -2.31. The van der Waals surface area contributed by atoms with Crippen LogP contribution in [0.2, 0.25) is 15.1 Å². The molecule has 1 saturated heterocycles. The van der Waals surface area contributed by atoms with Crippen LogP contribution in [0.5, 0.6) is 0 Å². The molecule has 0 spiro atoms. The molecular formula is C28H18Cl3N3O4S2. The summed E-state index contributed by atoms with van der Waals surface area (Å²) < 4.78 is 1.35. The van der Waals surface area contributed by atoms with E-state index in [0.29, 0.717) is 36.9 Å². The molecule has 3 atom stereocenters. The summed E-state index contributed by atoms with van der Waals surface area (Å²) >= 11 is 21.0. The second-order valence-electron chi connectivity index (χ2n) is 9.21. The Morgan fingerprint density at radius 2 is 1.60 bits per heavy atom. The molecule has 1 aromatic heterocycles. The van der Waals surface area contributed by atoms with E-state index in [9.17, 15) is 19.2 Å². The van der Waals surface area contributed by atoms with Gasteiger partial charge >= 0.3 is 4.87 Å². The van der Waals surface area contributed by atoms with Crippen LogP contribution in [0.3, 0.4) is 0 Å². The number of rotatable bonds is 5. The quantitative estimate of drug-likeness (QED) is 0.261. The maximum Gasteiger partial charge on any atom is 0.308 e. The molecule has 2 unspecified atom stereocenters. The van der Waals surface area contributed by atoms with Crippen LogP contribution < -0.4 is 15.1 Å². The number of imide groups is 1. The first-order chi connectivity index (χ1) is 19.2. The molecule has 3 aromatic carbocycles. The minimum Gasteiger partial charge on any atom is -0.325 e. The van der Waals surface area contributed by atoms with Gasteiger partial charge in [0.1, 0.15) is 11.8 Å². The highest BCUT2D eigenvalue weighted by atomic mass is 35.5. The Morgan fingerprint density at radius 1 is 0.875 bits per heavy atom. The lowest BCUT2D eigenvalue weighted by molar-refractivity contribution is -0.122. The van der Waals surface area contributed by atoms with Crippen molar-refractivity contribution >= 4 is 87.0 Å². The fraction of sp³-hybridized carbons (Fsp3) is 0.143. The normalized spacial score (nSPS) is 19.9. The molecule has 12 heteroatoms. The summed E-state index contributed by atoms with van der Waals surface area (Å²) in [5.41, 5.74) is 1.53. The van der Waals surface area contributed by atoms with E-state index in [4.69, 9.17) is 34.8 Å². The smallest absolute Gasteiger partial charge is 0.308 e. The molecule has 0 bridgehead atoms. The van der Waals surface area contributed by atoms with Gasteiger partial charge in [-0.25, -0.2) is 4.90 Å². The van der Waals surface area contributed by atoms with Crippen LogP contribution in [-0.4, -0.2) is 27.5 Å². The molecule has 2 aliphatic heterocycles. The molecule has 0 radical (unpaired) electrons. The van der Waals surface area contributed by atoms with Gasteiger partial charge in [-0.1, -0.05) is 88.2 Å². The number of amides is 3. The molecule has 202 valence electrons. The summed E-state index contributed by atoms with van der Waals surface area (Å²) in [6.07, 6.45) is 0. The number of nitrogens with one attached hydrogen (secondary N) is 1. The third-order valence-electron chi connectivity index (χ3n) is 6.81. The van der Waals surface area contributed by atoms with E-state index in [1.54, 1.807) is 72.8 Å². The van der Waals surface area contributed by atoms with Crippen molar-refractivity contribution in [1.29, 1.82) is 0 Å². The maximum absolute atomic E-state index is 13.9. The second kappa shape index (κ2) is 10.7. The molecule has 1 N–H and O–H groups in total. The molecule has 1 fully saturated rings. The van der Waals surface area contributed by atoms with E-state index in [0.717, 1.165) is 23.1 Å². The zero-order chi connectivity index (χ0) is 28.1. The van der Waals surface area contributed by atoms with Gasteiger partial charge in [0, 0.05) is 21.5 Å². The van der Waals surface area contributed by atoms with Gasteiger partial charge in [0.15, 0.2) is 0 Å². The number of carbonyl (C=O) groups is 3. The van der Waals surface area contributed by atoms with E-state index >= 15 is 0 Å². The first kappa shape index (κ1) is 27.1. The number of hydrogen-bond donors (Lipinski definition) is 1. The predicted octanol–water partition coefficient (Wildman–Crippen LogP) is 6.30. The second-order valence-corrected chi connectivity index (χ2v) is 12.6. The van der Waals surface area contributed by atoms with Crippen LogP contribution in [-0.2, 0) is 20.9 Å². The van der Waals surface area contributed by atoms with E-state index < -0.39 is 28.9 Å². The summed E-state index contributed by atoms with van der Waals surface area (Å²) in [4.78, 5) is 55.3. The van der Waals surface area contributed by atoms with Gasteiger partial charge in [0.25, 0.3) is 0 Å². The Morgan fingerprint density at radius 3 is 2.33 bits per heavy atom. The zero-order valence-corrected chi connectivity index (χ0v) is 24.2. The number of halogens is 3. The van der Waals surface area contributed by atoms with Crippen molar-refractivity contribution in [1.82, 2.24) is 4.57 Å². The first-order valence-corrected chi connectivity index (χ1v) is 14.9. The Kier molecular flexibility index (Phi) is 7.27. The molecule has 6 rings (SSSR count). The van der Waals surface area contributed by atoms with E-state index in [1.165, 1.54) is 9.47 Å². The van der Waals surface area contributed by atoms with Crippen molar-refractivity contribution in [2.24, 2.45) is 5.92 Å². The number of para-hydroxylation sites is 1. The Balaban J connectivity index is 1.44. The number of fused-ring (bicyclic) bond motifs is 2. The first-order valence-electron chi connectivity index (χ1n) is 12.1. The molecule has 2 aliphatic rings. The van der Waals surface area contributed by atoms with Crippen LogP contribution in [0.25, 0.3) is 0 Å². The molecule has 3 heterocycles. The van der Waals surface area contributed by atoms with Crippen molar-refractivity contribution in [3.8, 4) is 0 Å². The molecular weight excluding hydrogens is 613 g/mol. The molecule has 0 aliphatic carbocycles. The number of thiazole rings is 1. The van der Waals surface area contributed by atoms with Crippen LogP contribution in [0.15, 0.2) is 82.6 Å². The molecule has 3 amide bonds. The van der Waals surface area contributed by atoms with Crippen molar-refractivity contribution < 1.29 is 14.4 Å². The van der Waals surface area contributed by atoms with Gasteiger partial charge in [-0.3, -0.25) is 23.7 Å². The number of thioether (sulfide) groups is 1. The summed E-state index contributed by atoms with van der Waals surface area (Å²) in [6.45, 7) is -0.280. The average Bonchev–Trinajstić information content (AvgIpc) is 3.38. The van der Waals surface area contributed by atoms with Crippen LogP contribution >= 0.6 is 57.9 Å². The van der Waals surface area contributed by atoms with Crippen molar-refractivity contribution in [2.75, 3.05) is 10.2 Å². The Bertz CT molecular complexity index is 1720. The molecule has 4 aromatic rings. The molecule has 40 heavy (non-hydrogen) atoms. The van der Waals surface area contributed by atoms with Crippen LogP contribution in [0, 0.1) is 5.92 Å². The van der Waals surface area contributed by atoms with E-state index in [1.807, 2.05) is 0 Å². The summed E-state index contributed by atoms with van der Waals surface area (Å²) in [6, 6.07) is 20.4. The summed E-state index contributed by atoms with van der Waals surface area (Å²) in [7, 11) is 0. The SMILES string of the molecule is O=C(Cn1c2c(sc1=O)[C@H](c1cccc(Cl)c1Cl)C1C(=O)N(c3ccccc3)C(=O)C1S2)Nc1ccc(Cl)cc1.